The minimum Gasteiger partial charge on any atom is -0.352 e. The van der Waals surface area contributed by atoms with Gasteiger partial charge in [-0.15, -0.1) is 24.0 Å². The summed E-state index contributed by atoms with van der Waals surface area (Å²) >= 11 is 0. The Hall–Kier alpha value is -1.64. The molecule has 0 fully saturated rings. The molecule has 112 valence electrons. The molecule has 1 aromatic carbocycles. The molecular weight excluding hydrogens is 384 g/mol. The van der Waals surface area contributed by atoms with Crippen molar-refractivity contribution in [1.82, 2.24) is 19.8 Å². The normalized spacial score (nSPS) is 13.8. The summed E-state index contributed by atoms with van der Waals surface area (Å²) in [4.78, 5) is 10.3. The molecule has 2 heterocycles. The zero-order chi connectivity index (χ0) is 13.9. The zero-order valence-electron chi connectivity index (χ0n) is 11.7. The van der Waals surface area contributed by atoms with Gasteiger partial charge in [-0.05, 0) is 17.7 Å². The monoisotopic (exact) mass is 401 g/mol. The van der Waals surface area contributed by atoms with Gasteiger partial charge in [0.2, 0.25) is 0 Å². The van der Waals surface area contributed by atoms with E-state index in [4.69, 9.17) is 0 Å². The van der Waals surface area contributed by atoms with E-state index in [9.17, 15) is 4.39 Å². The number of aliphatic imine (C=N–C) groups is 1. The Morgan fingerprint density at radius 3 is 2.86 bits per heavy atom. The van der Waals surface area contributed by atoms with Crippen LogP contribution in [0.2, 0.25) is 0 Å². The average molecular weight is 401 g/mol. The molecule has 5 nitrogen and oxygen atoms in total. The van der Waals surface area contributed by atoms with Gasteiger partial charge < -0.3 is 14.8 Å². The third-order valence-corrected chi connectivity index (χ3v) is 3.30. The van der Waals surface area contributed by atoms with Crippen LogP contribution in [0.5, 0.6) is 0 Å². The Kier molecular flexibility index (Phi) is 5.16. The van der Waals surface area contributed by atoms with Gasteiger partial charge in [-0.1, -0.05) is 6.07 Å². The first kappa shape index (κ1) is 15.7. The Labute approximate surface area is 139 Å². The summed E-state index contributed by atoms with van der Waals surface area (Å²) in [6, 6.07) is 5.20. The van der Waals surface area contributed by atoms with E-state index in [1.807, 2.05) is 13.1 Å². The second-order valence-electron chi connectivity index (χ2n) is 4.74. The minimum absolute atomic E-state index is 0. The van der Waals surface area contributed by atoms with Crippen molar-refractivity contribution in [3.63, 3.8) is 0 Å². The van der Waals surface area contributed by atoms with Crippen LogP contribution in [0, 0.1) is 5.82 Å². The first-order chi connectivity index (χ1) is 9.74. The molecule has 0 unspecified atom stereocenters. The smallest absolute Gasteiger partial charge is 0.194 e. The Bertz CT molecular complexity index is 626. The highest BCUT2D eigenvalue weighted by Crippen LogP contribution is 2.15. The maximum Gasteiger partial charge on any atom is 0.194 e. The van der Waals surface area contributed by atoms with Crippen LogP contribution in [0.15, 0.2) is 41.9 Å². The highest BCUT2D eigenvalue weighted by atomic mass is 127. The molecule has 0 amide bonds. The van der Waals surface area contributed by atoms with E-state index in [0.29, 0.717) is 12.2 Å². The van der Waals surface area contributed by atoms with Crippen molar-refractivity contribution in [2.75, 3.05) is 20.1 Å². The lowest BCUT2D eigenvalue weighted by Crippen LogP contribution is -2.35. The second-order valence-corrected chi connectivity index (χ2v) is 4.74. The number of halogens is 2. The molecule has 1 aliphatic heterocycles. The first-order valence-electron chi connectivity index (χ1n) is 6.50. The maximum absolute atomic E-state index is 14.1. The summed E-state index contributed by atoms with van der Waals surface area (Å²) in [5, 5.41) is 3.22. The fraction of sp³-hybridized carbons (Fsp3) is 0.286. The van der Waals surface area contributed by atoms with Crippen LogP contribution in [0.25, 0.3) is 5.69 Å². The number of hydrogen-bond donors (Lipinski definition) is 1. The van der Waals surface area contributed by atoms with Gasteiger partial charge in [0.15, 0.2) is 5.96 Å². The maximum atomic E-state index is 14.1. The van der Waals surface area contributed by atoms with Gasteiger partial charge in [-0.25, -0.2) is 9.37 Å². The summed E-state index contributed by atoms with van der Waals surface area (Å²) in [6.07, 6.45) is 4.93. The summed E-state index contributed by atoms with van der Waals surface area (Å²) in [6.45, 7) is 2.30. The molecule has 21 heavy (non-hydrogen) atoms. The highest BCUT2D eigenvalue weighted by molar-refractivity contribution is 14.0. The van der Waals surface area contributed by atoms with Crippen LogP contribution in [0.4, 0.5) is 4.39 Å². The van der Waals surface area contributed by atoms with Crippen molar-refractivity contribution in [2.45, 2.75) is 6.54 Å². The third-order valence-electron chi connectivity index (χ3n) is 3.30. The summed E-state index contributed by atoms with van der Waals surface area (Å²) in [7, 11) is 1.99. The van der Waals surface area contributed by atoms with Crippen molar-refractivity contribution in [3.05, 3.63) is 48.3 Å². The Morgan fingerprint density at radius 2 is 2.24 bits per heavy atom. The number of guanidine groups is 1. The SMILES string of the molecule is CN1CCN=C1NCc1ccc(-n2ccnc2)c(F)c1.I. The quantitative estimate of drug-likeness (QED) is 0.801. The number of nitrogens with zero attached hydrogens (tertiary/aromatic N) is 4. The standard InChI is InChI=1S/C14H16FN5.HI/c1-19-6-5-17-14(19)18-9-11-2-3-13(12(15)8-11)20-7-4-16-10-20;/h2-4,7-8,10H,5-6,9H2,1H3,(H,17,18);1H. The van der Waals surface area contributed by atoms with E-state index in [2.05, 4.69) is 20.2 Å². The molecule has 0 spiro atoms. The van der Waals surface area contributed by atoms with E-state index in [1.165, 1.54) is 6.07 Å². The highest BCUT2D eigenvalue weighted by Gasteiger charge is 2.12. The fourth-order valence-corrected chi connectivity index (χ4v) is 2.18. The second kappa shape index (κ2) is 6.88. The molecule has 1 aliphatic rings. The number of hydrogen-bond acceptors (Lipinski definition) is 4. The lowest BCUT2D eigenvalue weighted by atomic mass is 10.2. The topological polar surface area (TPSA) is 45.5 Å². The molecule has 0 saturated heterocycles. The summed E-state index contributed by atoms with van der Waals surface area (Å²) in [5.41, 5.74) is 1.39. The molecule has 0 aliphatic carbocycles. The minimum atomic E-state index is -0.260. The van der Waals surface area contributed by atoms with E-state index >= 15 is 0 Å². The van der Waals surface area contributed by atoms with Crippen LogP contribution in [-0.2, 0) is 6.54 Å². The fourth-order valence-electron chi connectivity index (χ4n) is 2.18. The van der Waals surface area contributed by atoms with Crippen molar-refractivity contribution in [3.8, 4) is 5.69 Å². The van der Waals surface area contributed by atoms with Crippen molar-refractivity contribution < 1.29 is 4.39 Å². The lowest BCUT2D eigenvalue weighted by molar-refractivity contribution is 0.533. The molecule has 0 atom stereocenters. The molecule has 0 bridgehead atoms. The predicted molar refractivity (Wildman–Crippen MR) is 90.7 cm³/mol. The van der Waals surface area contributed by atoms with Crippen LogP contribution in [0.1, 0.15) is 5.56 Å². The zero-order valence-corrected chi connectivity index (χ0v) is 14.0. The molecule has 1 aromatic heterocycles. The van der Waals surface area contributed by atoms with Crippen molar-refractivity contribution in [2.24, 2.45) is 4.99 Å². The predicted octanol–water partition coefficient (Wildman–Crippen LogP) is 2.02. The van der Waals surface area contributed by atoms with Gasteiger partial charge in [0.1, 0.15) is 5.82 Å². The number of aromatic nitrogens is 2. The molecule has 3 rings (SSSR count). The van der Waals surface area contributed by atoms with Gasteiger partial charge in [-0.3, -0.25) is 4.99 Å². The van der Waals surface area contributed by atoms with Gasteiger partial charge in [0, 0.05) is 32.5 Å². The van der Waals surface area contributed by atoms with Gasteiger partial charge in [0.05, 0.1) is 18.6 Å². The molecule has 0 radical (unpaired) electrons. The average Bonchev–Trinajstić information content (AvgIpc) is 3.08. The van der Waals surface area contributed by atoms with E-state index in [-0.39, 0.29) is 29.8 Å². The van der Waals surface area contributed by atoms with E-state index < -0.39 is 0 Å². The largest absolute Gasteiger partial charge is 0.352 e. The number of likely N-dealkylation sites (N-methyl/N-ethyl adjacent to an activating group) is 1. The van der Waals surface area contributed by atoms with Gasteiger partial charge >= 0.3 is 0 Å². The van der Waals surface area contributed by atoms with Crippen molar-refractivity contribution in [1.29, 1.82) is 0 Å². The van der Waals surface area contributed by atoms with Crippen LogP contribution in [-0.4, -0.2) is 40.5 Å². The third kappa shape index (κ3) is 3.52. The van der Waals surface area contributed by atoms with E-state index in [0.717, 1.165) is 24.6 Å². The Morgan fingerprint density at radius 1 is 1.38 bits per heavy atom. The van der Waals surface area contributed by atoms with Gasteiger partial charge in [-0.2, -0.15) is 0 Å². The number of rotatable bonds is 3. The summed E-state index contributed by atoms with van der Waals surface area (Å²) in [5.74, 6) is 0.605. The number of nitrogens with one attached hydrogen (secondary N) is 1. The molecular formula is C14H17FIN5. The summed E-state index contributed by atoms with van der Waals surface area (Å²) < 4.78 is 15.7. The lowest BCUT2D eigenvalue weighted by Gasteiger charge is -2.15. The molecule has 7 heteroatoms. The van der Waals surface area contributed by atoms with Crippen LogP contribution >= 0.6 is 24.0 Å². The number of benzene rings is 1. The first-order valence-corrected chi connectivity index (χ1v) is 6.50. The molecule has 2 aromatic rings. The Balaban J connectivity index is 0.00000161. The van der Waals surface area contributed by atoms with Crippen LogP contribution < -0.4 is 5.32 Å². The number of imidazole rings is 1. The van der Waals surface area contributed by atoms with Crippen molar-refractivity contribution >= 4 is 29.9 Å². The molecule has 0 saturated carbocycles. The van der Waals surface area contributed by atoms with Crippen LogP contribution in [0.3, 0.4) is 0 Å². The molecule has 1 N–H and O–H groups in total. The van der Waals surface area contributed by atoms with E-state index in [1.54, 1.807) is 29.4 Å². The van der Waals surface area contributed by atoms with Gasteiger partial charge in [0.25, 0.3) is 0 Å².